The van der Waals surface area contributed by atoms with Gasteiger partial charge in [-0.15, -0.1) is 6.58 Å². The van der Waals surface area contributed by atoms with Gasteiger partial charge in [-0.1, -0.05) is 18.2 Å². The van der Waals surface area contributed by atoms with E-state index in [0.717, 1.165) is 6.07 Å². The number of nitrogens with one attached hydrogen (secondary N) is 1. The number of hydrogen-bond acceptors (Lipinski definition) is 5. The lowest BCUT2D eigenvalue weighted by molar-refractivity contribution is 0.0730. The molecule has 7 heteroatoms. The van der Waals surface area contributed by atoms with Crippen molar-refractivity contribution in [2.24, 2.45) is 0 Å². The van der Waals surface area contributed by atoms with E-state index in [9.17, 15) is 18.8 Å². The summed E-state index contributed by atoms with van der Waals surface area (Å²) in [6, 6.07) is 11.1. The first-order valence-corrected chi connectivity index (χ1v) is 7.93. The molecule has 0 bridgehead atoms. The van der Waals surface area contributed by atoms with Crippen LogP contribution in [0.3, 0.4) is 0 Å². The topological polar surface area (TPSA) is 85.6 Å². The maximum absolute atomic E-state index is 13.7. The van der Waals surface area contributed by atoms with E-state index in [1.165, 1.54) is 48.5 Å². The van der Waals surface area contributed by atoms with Crippen LogP contribution in [-0.2, 0) is 0 Å². The Kier molecular flexibility index (Phi) is 5.12. The summed E-state index contributed by atoms with van der Waals surface area (Å²) in [5.41, 5.74) is -1.07. The molecular weight excluding hydrogens is 353 g/mol. The Morgan fingerprint density at radius 2 is 1.93 bits per heavy atom. The van der Waals surface area contributed by atoms with Crippen LogP contribution in [0.1, 0.15) is 20.7 Å². The normalized spacial score (nSPS) is 10.4. The molecule has 3 rings (SSSR count). The number of carbonyl (C=O) groups excluding carboxylic acids is 2. The van der Waals surface area contributed by atoms with Crippen LogP contribution in [0.5, 0.6) is 5.75 Å². The van der Waals surface area contributed by atoms with Gasteiger partial charge in [0.05, 0.1) is 5.56 Å². The fourth-order valence-electron chi connectivity index (χ4n) is 2.36. The monoisotopic (exact) mass is 367 g/mol. The summed E-state index contributed by atoms with van der Waals surface area (Å²) in [5, 5.41) is 2.96. The van der Waals surface area contributed by atoms with E-state index in [1.54, 1.807) is 0 Å². The highest BCUT2D eigenvalue weighted by Crippen LogP contribution is 2.22. The predicted octanol–water partition coefficient (Wildman–Crippen LogP) is 3.07. The van der Waals surface area contributed by atoms with E-state index in [0.29, 0.717) is 5.39 Å². The number of halogens is 1. The fraction of sp³-hybridized carbons (Fsp3) is 0.0500. The van der Waals surface area contributed by atoms with Gasteiger partial charge < -0.3 is 14.5 Å². The van der Waals surface area contributed by atoms with E-state index in [-0.39, 0.29) is 29.0 Å². The molecule has 136 valence electrons. The minimum absolute atomic E-state index is 0.0720. The van der Waals surface area contributed by atoms with Gasteiger partial charge in [0.25, 0.3) is 5.91 Å². The average molecular weight is 367 g/mol. The smallest absolute Gasteiger partial charge is 0.349 e. The number of hydrogen-bond donors (Lipinski definition) is 1. The number of fused-ring (bicyclic) bond motifs is 1. The van der Waals surface area contributed by atoms with Crippen LogP contribution in [0.15, 0.2) is 70.4 Å². The highest BCUT2D eigenvalue weighted by molar-refractivity contribution is 5.97. The standard InChI is InChI=1S/C20H14FNO5/c1-2-9-22-18(23)15-10-12-7-8-13(11-17(12)27-20(15)25)26-19(24)14-5-3-4-6-16(14)21/h2-8,10-11H,1,9H2,(H,22,23). The first kappa shape index (κ1) is 18.1. The molecule has 0 radical (unpaired) electrons. The number of amides is 1. The number of esters is 1. The summed E-state index contributed by atoms with van der Waals surface area (Å²) in [5.74, 6) is -2.09. The molecule has 0 spiro atoms. The Balaban J connectivity index is 1.89. The average Bonchev–Trinajstić information content (AvgIpc) is 2.65. The molecule has 0 saturated heterocycles. The molecule has 1 aromatic heterocycles. The summed E-state index contributed by atoms with van der Waals surface area (Å²) in [6.07, 6.45) is 1.48. The summed E-state index contributed by atoms with van der Waals surface area (Å²) in [6.45, 7) is 3.69. The third-order valence-corrected chi connectivity index (χ3v) is 3.66. The summed E-state index contributed by atoms with van der Waals surface area (Å²) in [4.78, 5) is 36.0. The second-order valence-electron chi connectivity index (χ2n) is 5.52. The van der Waals surface area contributed by atoms with E-state index in [2.05, 4.69) is 11.9 Å². The van der Waals surface area contributed by atoms with Crippen molar-refractivity contribution < 1.29 is 23.1 Å². The van der Waals surface area contributed by atoms with Gasteiger partial charge in [0.2, 0.25) is 0 Å². The molecule has 0 saturated carbocycles. The van der Waals surface area contributed by atoms with Crippen molar-refractivity contribution in [1.29, 1.82) is 0 Å². The van der Waals surface area contributed by atoms with Gasteiger partial charge in [0.15, 0.2) is 0 Å². The molecule has 2 aromatic carbocycles. The van der Waals surface area contributed by atoms with E-state index in [4.69, 9.17) is 9.15 Å². The first-order valence-electron chi connectivity index (χ1n) is 7.93. The van der Waals surface area contributed by atoms with Crippen molar-refractivity contribution in [3.8, 4) is 5.75 Å². The Morgan fingerprint density at radius 1 is 1.15 bits per heavy atom. The molecule has 1 amide bonds. The van der Waals surface area contributed by atoms with Crippen molar-refractivity contribution in [3.63, 3.8) is 0 Å². The van der Waals surface area contributed by atoms with Crippen LogP contribution in [0.25, 0.3) is 11.0 Å². The Labute approximate surface area is 152 Å². The van der Waals surface area contributed by atoms with Crippen LogP contribution in [-0.4, -0.2) is 18.4 Å². The summed E-state index contributed by atoms with van der Waals surface area (Å²) >= 11 is 0. The van der Waals surface area contributed by atoms with Crippen LogP contribution in [0.2, 0.25) is 0 Å². The second-order valence-corrected chi connectivity index (χ2v) is 5.52. The van der Waals surface area contributed by atoms with Crippen LogP contribution >= 0.6 is 0 Å². The van der Waals surface area contributed by atoms with E-state index < -0.39 is 23.3 Å². The largest absolute Gasteiger partial charge is 0.423 e. The lowest BCUT2D eigenvalue weighted by Gasteiger charge is -2.07. The molecule has 0 aliphatic heterocycles. The molecule has 6 nitrogen and oxygen atoms in total. The molecule has 0 aliphatic rings. The van der Waals surface area contributed by atoms with Gasteiger partial charge in [-0.05, 0) is 30.3 Å². The number of ether oxygens (including phenoxy) is 1. The maximum Gasteiger partial charge on any atom is 0.349 e. The third-order valence-electron chi connectivity index (χ3n) is 3.66. The molecule has 0 unspecified atom stereocenters. The third kappa shape index (κ3) is 3.92. The lowest BCUT2D eigenvalue weighted by atomic mass is 10.1. The predicted molar refractivity (Wildman–Crippen MR) is 96.4 cm³/mol. The number of carbonyl (C=O) groups is 2. The molecular formula is C20H14FNO5. The van der Waals surface area contributed by atoms with Crippen molar-refractivity contribution in [1.82, 2.24) is 5.32 Å². The van der Waals surface area contributed by atoms with Gasteiger partial charge >= 0.3 is 11.6 Å². The number of benzene rings is 2. The quantitative estimate of drug-likeness (QED) is 0.324. The molecule has 0 fully saturated rings. The van der Waals surface area contributed by atoms with Gasteiger partial charge in [0, 0.05) is 18.0 Å². The maximum atomic E-state index is 13.7. The zero-order valence-electron chi connectivity index (χ0n) is 14.0. The van der Waals surface area contributed by atoms with Crippen molar-refractivity contribution >= 4 is 22.8 Å². The van der Waals surface area contributed by atoms with Gasteiger partial charge in [-0.25, -0.2) is 14.0 Å². The van der Waals surface area contributed by atoms with Gasteiger partial charge in [-0.2, -0.15) is 0 Å². The minimum atomic E-state index is -0.879. The lowest BCUT2D eigenvalue weighted by Crippen LogP contribution is -2.28. The highest BCUT2D eigenvalue weighted by Gasteiger charge is 2.16. The van der Waals surface area contributed by atoms with Crippen LogP contribution < -0.4 is 15.7 Å². The summed E-state index contributed by atoms with van der Waals surface area (Å²) in [7, 11) is 0. The number of rotatable bonds is 5. The zero-order valence-corrected chi connectivity index (χ0v) is 14.0. The Morgan fingerprint density at radius 3 is 2.67 bits per heavy atom. The van der Waals surface area contributed by atoms with Crippen molar-refractivity contribution in [3.05, 3.63) is 88.6 Å². The SMILES string of the molecule is C=CCNC(=O)c1cc2ccc(OC(=O)c3ccccc3F)cc2oc1=O. The van der Waals surface area contributed by atoms with Crippen LogP contribution in [0, 0.1) is 5.82 Å². The molecule has 1 N–H and O–H groups in total. The fourth-order valence-corrected chi connectivity index (χ4v) is 2.36. The summed E-state index contributed by atoms with van der Waals surface area (Å²) < 4.78 is 23.9. The first-order chi connectivity index (χ1) is 13.0. The second kappa shape index (κ2) is 7.65. The van der Waals surface area contributed by atoms with Crippen molar-refractivity contribution in [2.45, 2.75) is 0 Å². The molecule has 1 heterocycles. The highest BCUT2D eigenvalue weighted by atomic mass is 19.1. The van der Waals surface area contributed by atoms with Gasteiger partial charge in [0.1, 0.15) is 22.7 Å². The Bertz CT molecular complexity index is 1100. The zero-order chi connectivity index (χ0) is 19.4. The van der Waals surface area contributed by atoms with Crippen LogP contribution in [0.4, 0.5) is 4.39 Å². The molecule has 0 atom stereocenters. The minimum Gasteiger partial charge on any atom is -0.423 e. The molecule has 27 heavy (non-hydrogen) atoms. The van der Waals surface area contributed by atoms with Gasteiger partial charge in [-0.3, -0.25) is 4.79 Å². The van der Waals surface area contributed by atoms with Crippen molar-refractivity contribution in [2.75, 3.05) is 6.54 Å². The molecule has 0 aliphatic carbocycles. The van der Waals surface area contributed by atoms with E-state index >= 15 is 0 Å². The molecule has 3 aromatic rings. The van der Waals surface area contributed by atoms with E-state index in [1.807, 2.05) is 0 Å². The Hall–Kier alpha value is -3.74.